The Hall–Kier alpha value is -3.48. The van der Waals surface area contributed by atoms with Crippen molar-refractivity contribution in [2.45, 2.75) is 13.5 Å². The Morgan fingerprint density at radius 1 is 1.21 bits per heavy atom. The summed E-state index contributed by atoms with van der Waals surface area (Å²) in [5.41, 5.74) is 1.57. The zero-order valence-electron chi connectivity index (χ0n) is 15.8. The Bertz CT molecular complexity index is 1290. The second-order valence-corrected chi connectivity index (χ2v) is 6.55. The smallest absolute Gasteiger partial charge is 0.256 e. The molecule has 0 spiro atoms. The van der Waals surface area contributed by atoms with Gasteiger partial charge in [-0.25, -0.2) is 9.37 Å². The number of benzene rings is 2. The van der Waals surface area contributed by atoms with Crippen LogP contribution < -0.4 is 10.7 Å². The van der Waals surface area contributed by atoms with Crippen molar-refractivity contribution < 1.29 is 9.18 Å². The zero-order valence-corrected chi connectivity index (χ0v) is 15.8. The van der Waals surface area contributed by atoms with Gasteiger partial charge in [-0.3, -0.25) is 9.59 Å². The third kappa shape index (κ3) is 2.51. The van der Waals surface area contributed by atoms with Crippen molar-refractivity contribution >= 4 is 27.8 Å². The van der Waals surface area contributed by atoms with E-state index in [0.29, 0.717) is 28.9 Å². The van der Waals surface area contributed by atoms with Crippen molar-refractivity contribution in [3.63, 3.8) is 0 Å². The maximum atomic E-state index is 15.0. The highest BCUT2D eigenvalue weighted by Gasteiger charge is 2.22. The number of carbonyl (C=O) groups excluding carboxylic acids is 1. The van der Waals surface area contributed by atoms with E-state index in [2.05, 4.69) is 10.3 Å². The lowest BCUT2D eigenvalue weighted by molar-refractivity contribution is 0.0961. The fourth-order valence-electron chi connectivity index (χ4n) is 3.61. The third-order valence-corrected chi connectivity index (χ3v) is 4.98. The van der Waals surface area contributed by atoms with Crippen molar-refractivity contribution in [2.75, 3.05) is 7.05 Å². The normalized spacial score (nSPS) is 11.3. The molecule has 2 aromatic heterocycles. The summed E-state index contributed by atoms with van der Waals surface area (Å²) in [5, 5.41) is 2.60. The minimum atomic E-state index is -0.548. The molecule has 0 aliphatic rings. The topological polar surface area (TPSA) is 68.9 Å². The molecule has 6 nitrogen and oxygen atoms in total. The van der Waals surface area contributed by atoms with Gasteiger partial charge in [0.15, 0.2) is 0 Å². The molecule has 28 heavy (non-hydrogen) atoms. The molecule has 0 radical (unpaired) electrons. The molecular weight excluding hydrogens is 359 g/mol. The Labute approximate surface area is 160 Å². The van der Waals surface area contributed by atoms with E-state index < -0.39 is 17.2 Å². The van der Waals surface area contributed by atoms with Gasteiger partial charge in [-0.2, -0.15) is 0 Å². The molecule has 0 atom stereocenters. The van der Waals surface area contributed by atoms with E-state index in [9.17, 15) is 9.59 Å². The first kappa shape index (κ1) is 17.9. The first-order chi connectivity index (χ1) is 13.5. The van der Waals surface area contributed by atoms with E-state index in [-0.39, 0.29) is 10.9 Å². The third-order valence-electron chi connectivity index (χ3n) is 4.98. The lowest BCUT2D eigenvalue weighted by Crippen LogP contribution is -2.27. The number of pyridine rings is 1. The number of aryl methyl sites for hydroxylation is 2. The molecule has 0 aliphatic carbocycles. The van der Waals surface area contributed by atoms with Crippen LogP contribution in [0.3, 0.4) is 0 Å². The van der Waals surface area contributed by atoms with Crippen molar-refractivity contribution in [1.29, 1.82) is 0 Å². The maximum Gasteiger partial charge on any atom is 0.256 e. The summed E-state index contributed by atoms with van der Waals surface area (Å²) < 4.78 is 18.5. The van der Waals surface area contributed by atoms with Crippen LogP contribution in [0.1, 0.15) is 17.3 Å². The van der Waals surface area contributed by atoms with Gasteiger partial charge in [0.2, 0.25) is 5.43 Å². The number of hydrogen-bond donors (Lipinski definition) is 1. The maximum absolute atomic E-state index is 15.0. The minimum absolute atomic E-state index is 0.0187. The molecule has 0 fully saturated rings. The molecule has 0 saturated carbocycles. The predicted molar refractivity (Wildman–Crippen MR) is 107 cm³/mol. The molecule has 0 bridgehead atoms. The molecular formula is C21H19FN4O2. The summed E-state index contributed by atoms with van der Waals surface area (Å²) in [6, 6.07) is 10.7. The number of imidazole rings is 1. The SMILES string of the molecule is CCn1cc(C(=O)NC)c(=O)c2cc(F)c3c(nc(-c4ccccc4)n3C)c21. The summed E-state index contributed by atoms with van der Waals surface area (Å²) >= 11 is 0. The monoisotopic (exact) mass is 378 g/mol. The molecule has 2 aromatic carbocycles. The van der Waals surface area contributed by atoms with Gasteiger partial charge in [-0.15, -0.1) is 0 Å². The summed E-state index contributed by atoms with van der Waals surface area (Å²) in [6.07, 6.45) is 1.51. The number of fused-ring (bicyclic) bond motifs is 3. The summed E-state index contributed by atoms with van der Waals surface area (Å²) in [4.78, 5) is 29.7. The second-order valence-electron chi connectivity index (χ2n) is 6.55. The largest absolute Gasteiger partial charge is 0.355 e. The molecule has 1 amide bonds. The fourth-order valence-corrected chi connectivity index (χ4v) is 3.61. The average Bonchev–Trinajstić information content (AvgIpc) is 3.07. The summed E-state index contributed by atoms with van der Waals surface area (Å²) in [7, 11) is 3.21. The molecule has 142 valence electrons. The molecule has 4 rings (SSSR count). The van der Waals surface area contributed by atoms with Crippen molar-refractivity contribution in [1.82, 2.24) is 19.4 Å². The van der Waals surface area contributed by atoms with E-state index >= 15 is 4.39 Å². The average molecular weight is 378 g/mol. The van der Waals surface area contributed by atoms with Crippen LogP contribution in [0.25, 0.3) is 33.3 Å². The summed E-state index contributed by atoms with van der Waals surface area (Å²) in [6.45, 7) is 2.40. The van der Waals surface area contributed by atoms with Crippen LogP contribution in [0.4, 0.5) is 4.39 Å². The van der Waals surface area contributed by atoms with E-state index in [0.717, 1.165) is 5.56 Å². The van der Waals surface area contributed by atoms with E-state index in [1.807, 2.05) is 37.3 Å². The molecule has 1 N–H and O–H groups in total. The van der Waals surface area contributed by atoms with Gasteiger partial charge in [0.05, 0.1) is 10.9 Å². The number of nitrogens with zero attached hydrogens (tertiary/aromatic N) is 3. The first-order valence-corrected chi connectivity index (χ1v) is 8.97. The molecule has 4 aromatic rings. The van der Waals surface area contributed by atoms with Crippen molar-refractivity contribution in [3.8, 4) is 11.4 Å². The van der Waals surface area contributed by atoms with E-state index in [1.165, 1.54) is 19.3 Å². The Morgan fingerprint density at radius 2 is 1.93 bits per heavy atom. The van der Waals surface area contributed by atoms with E-state index in [1.54, 1.807) is 16.2 Å². The van der Waals surface area contributed by atoms with Crippen LogP contribution in [-0.2, 0) is 13.6 Å². The Morgan fingerprint density at radius 3 is 2.57 bits per heavy atom. The van der Waals surface area contributed by atoms with Crippen molar-refractivity contribution in [2.24, 2.45) is 7.05 Å². The van der Waals surface area contributed by atoms with Gasteiger partial charge in [0.25, 0.3) is 5.91 Å². The van der Waals surface area contributed by atoms with Crippen LogP contribution in [0.2, 0.25) is 0 Å². The van der Waals surface area contributed by atoms with Gasteiger partial charge >= 0.3 is 0 Å². The predicted octanol–water partition coefficient (Wildman–Crippen LogP) is 3.07. The standard InChI is InChI=1S/C21H19FN4O2/c1-4-26-11-14(21(28)23-2)19(27)13-10-15(22)18-16(17(13)26)24-20(25(18)3)12-8-6-5-7-9-12/h5-11H,4H2,1-3H3,(H,23,28). The zero-order chi connectivity index (χ0) is 20.0. The lowest BCUT2D eigenvalue weighted by Gasteiger charge is -2.12. The van der Waals surface area contributed by atoms with Crippen LogP contribution >= 0.6 is 0 Å². The van der Waals surface area contributed by atoms with Crippen LogP contribution in [0.5, 0.6) is 0 Å². The van der Waals surface area contributed by atoms with Gasteiger partial charge in [0.1, 0.15) is 28.2 Å². The fraction of sp³-hybridized carbons (Fsp3) is 0.190. The van der Waals surface area contributed by atoms with E-state index in [4.69, 9.17) is 0 Å². The van der Waals surface area contributed by atoms with Crippen LogP contribution in [-0.4, -0.2) is 27.1 Å². The molecule has 0 aliphatic heterocycles. The second kappa shape index (κ2) is 6.60. The number of rotatable bonds is 3. The highest BCUT2D eigenvalue weighted by molar-refractivity contribution is 6.06. The molecule has 0 saturated heterocycles. The number of aromatic nitrogens is 3. The highest BCUT2D eigenvalue weighted by Crippen LogP contribution is 2.30. The minimum Gasteiger partial charge on any atom is -0.355 e. The molecule has 0 unspecified atom stereocenters. The van der Waals surface area contributed by atoms with Crippen molar-refractivity contribution in [3.05, 3.63) is 64.2 Å². The number of carbonyl (C=O) groups is 1. The lowest BCUT2D eigenvalue weighted by atomic mass is 10.1. The number of amides is 1. The Balaban J connectivity index is 2.17. The van der Waals surface area contributed by atoms with Crippen LogP contribution in [0, 0.1) is 5.82 Å². The number of halogens is 1. The van der Waals surface area contributed by atoms with Gasteiger partial charge in [0, 0.05) is 32.4 Å². The quantitative estimate of drug-likeness (QED) is 0.596. The van der Waals surface area contributed by atoms with Gasteiger partial charge < -0.3 is 14.5 Å². The van der Waals surface area contributed by atoms with Gasteiger partial charge in [-0.1, -0.05) is 30.3 Å². The summed E-state index contributed by atoms with van der Waals surface area (Å²) in [5.74, 6) is -0.443. The first-order valence-electron chi connectivity index (χ1n) is 8.97. The number of hydrogen-bond acceptors (Lipinski definition) is 3. The van der Waals surface area contributed by atoms with Gasteiger partial charge in [-0.05, 0) is 13.0 Å². The Kier molecular flexibility index (Phi) is 4.22. The van der Waals surface area contributed by atoms with Crippen LogP contribution in [0.15, 0.2) is 47.4 Å². The highest BCUT2D eigenvalue weighted by atomic mass is 19.1. The number of nitrogens with one attached hydrogen (secondary N) is 1. The molecule has 2 heterocycles. The molecule has 7 heteroatoms.